The third kappa shape index (κ3) is 5.77. The molecule has 0 radical (unpaired) electrons. The van der Waals surface area contributed by atoms with Crippen LogP contribution in [0.5, 0.6) is 0 Å². The minimum absolute atomic E-state index is 0.00126. The van der Waals surface area contributed by atoms with Gasteiger partial charge in [0.05, 0.1) is 0 Å². The second-order valence-electron chi connectivity index (χ2n) is 7.41. The molecule has 0 spiro atoms. The topological polar surface area (TPSA) is 57.7 Å². The van der Waals surface area contributed by atoms with E-state index in [0.29, 0.717) is 39.0 Å². The number of amides is 1. The molecule has 0 aliphatic carbocycles. The van der Waals surface area contributed by atoms with Crippen molar-refractivity contribution >= 4 is 22.0 Å². The predicted octanol–water partition coefficient (Wildman–Crippen LogP) is 3.89. The van der Waals surface area contributed by atoms with E-state index in [9.17, 15) is 17.6 Å². The van der Waals surface area contributed by atoms with Gasteiger partial charge in [0.1, 0.15) is 5.82 Å². The summed E-state index contributed by atoms with van der Waals surface area (Å²) in [5, 5.41) is 1.23. The van der Waals surface area contributed by atoms with E-state index in [1.54, 1.807) is 23.1 Å². The molecule has 0 aromatic heterocycles. The summed E-state index contributed by atoms with van der Waals surface area (Å²) in [5.74, 6) is -0.542. The first-order chi connectivity index (χ1) is 14.4. The van der Waals surface area contributed by atoms with Gasteiger partial charge in [0.15, 0.2) is 0 Å². The highest BCUT2D eigenvalue weighted by Gasteiger charge is 2.31. The van der Waals surface area contributed by atoms with Gasteiger partial charge in [0.2, 0.25) is 15.9 Å². The summed E-state index contributed by atoms with van der Waals surface area (Å²) in [6.07, 6.45) is 2.55. The highest BCUT2D eigenvalue weighted by atomic mass is 32.2. The molecule has 1 amide bonds. The van der Waals surface area contributed by atoms with E-state index < -0.39 is 10.0 Å². The second kappa shape index (κ2) is 10.00. The van der Waals surface area contributed by atoms with Crippen LogP contribution in [0.3, 0.4) is 0 Å². The van der Waals surface area contributed by atoms with Gasteiger partial charge in [-0.2, -0.15) is 4.31 Å². The number of carbonyl (C=O) groups excluding carboxylic acids is 1. The predicted molar refractivity (Wildman–Crippen MR) is 116 cm³/mol. The van der Waals surface area contributed by atoms with Gasteiger partial charge in [-0.15, -0.1) is 0 Å². The van der Waals surface area contributed by atoms with E-state index in [-0.39, 0.29) is 17.6 Å². The number of hydrogen-bond acceptors (Lipinski definition) is 3. The fourth-order valence-electron chi connectivity index (χ4n) is 3.63. The number of piperidine rings is 1. The van der Waals surface area contributed by atoms with E-state index in [1.807, 2.05) is 37.3 Å². The van der Waals surface area contributed by atoms with Crippen molar-refractivity contribution in [3.8, 4) is 0 Å². The normalized spacial score (nSPS) is 16.1. The Bertz CT molecular complexity index is 985. The summed E-state index contributed by atoms with van der Waals surface area (Å²) < 4.78 is 40.1. The maximum Gasteiger partial charge on any atom is 0.236 e. The molecule has 1 aliphatic heterocycles. The Morgan fingerprint density at radius 2 is 1.83 bits per heavy atom. The lowest BCUT2D eigenvalue weighted by atomic mass is 9.96. The summed E-state index contributed by atoms with van der Waals surface area (Å²) in [4.78, 5) is 14.6. The molecule has 7 heteroatoms. The maximum absolute atomic E-state index is 13.4. The fourth-order valence-corrected chi connectivity index (χ4v) is 4.85. The van der Waals surface area contributed by atoms with Crippen molar-refractivity contribution in [1.82, 2.24) is 9.21 Å². The van der Waals surface area contributed by atoms with Crippen LogP contribution in [-0.2, 0) is 21.4 Å². The number of halogens is 1. The first kappa shape index (κ1) is 22.2. The average molecular weight is 431 g/mol. The zero-order valence-electron chi connectivity index (χ0n) is 17.1. The molecule has 0 N–H and O–H groups in total. The first-order valence-corrected chi connectivity index (χ1v) is 11.7. The number of hydrogen-bond donors (Lipinski definition) is 0. The van der Waals surface area contributed by atoms with Crippen LogP contribution in [0.1, 0.15) is 30.9 Å². The van der Waals surface area contributed by atoms with Crippen molar-refractivity contribution in [2.24, 2.45) is 5.92 Å². The van der Waals surface area contributed by atoms with Crippen LogP contribution in [0.25, 0.3) is 6.08 Å². The Hall–Kier alpha value is -2.51. The van der Waals surface area contributed by atoms with Gasteiger partial charge < -0.3 is 4.90 Å². The van der Waals surface area contributed by atoms with Crippen molar-refractivity contribution < 1.29 is 17.6 Å². The minimum atomic E-state index is -3.52. The quantitative estimate of drug-likeness (QED) is 0.670. The van der Waals surface area contributed by atoms with Gasteiger partial charge in [0, 0.05) is 37.5 Å². The molecular weight excluding hydrogens is 403 g/mol. The zero-order chi connectivity index (χ0) is 21.6. The second-order valence-corrected chi connectivity index (χ2v) is 9.23. The smallest absolute Gasteiger partial charge is 0.236 e. The molecule has 1 fully saturated rings. The summed E-state index contributed by atoms with van der Waals surface area (Å²) in [6, 6.07) is 15.5. The lowest BCUT2D eigenvalue weighted by Crippen LogP contribution is -2.43. The van der Waals surface area contributed by atoms with E-state index >= 15 is 0 Å². The van der Waals surface area contributed by atoms with Gasteiger partial charge >= 0.3 is 0 Å². The van der Waals surface area contributed by atoms with Crippen LogP contribution < -0.4 is 0 Å². The molecule has 0 unspecified atom stereocenters. The molecule has 30 heavy (non-hydrogen) atoms. The Morgan fingerprint density at radius 1 is 1.13 bits per heavy atom. The van der Waals surface area contributed by atoms with E-state index in [4.69, 9.17) is 0 Å². The molecule has 0 atom stereocenters. The summed E-state index contributed by atoms with van der Waals surface area (Å²) >= 11 is 0. The Labute approximate surface area is 177 Å². The molecule has 3 rings (SSSR count). The Kier molecular flexibility index (Phi) is 7.39. The highest BCUT2D eigenvalue weighted by molar-refractivity contribution is 7.92. The minimum Gasteiger partial charge on any atom is -0.338 e. The van der Waals surface area contributed by atoms with Crippen molar-refractivity contribution in [1.29, 1.82) is 0 Å². The monoisotopic (exact) mass is 430 g/mol. The van der Waals surface area contributed by atoms with Crippen LogP contribution >= 0.6 is 0 Å². The largest absolute Gasteiger partial charge is 0.338 e. The Balaban J connectivity index is 1.58. The third-order valence-corrected chi connectivity index (χ3v) is 6.92. The molecule has 0 bridgehead atoms. The van der Waals surface area contributed by atoms with Crippen LogP contribution in [0, 0.1) is 11.7 Å². The first-order valence-electron chi connectivity index (χ1n) is 10.2. The summed E-state index contributed by atoms with van der Waals surface area (Å²) in [5.41, 5.74) is 1.57. The molecular formula is C23H27FN2O3S. The Morgan fingerprint density at radius 3 is 2.47 bits per heavy atom. The molecule has 160 valence electrons. The lowest BCUT2D eigenvalue weighted by Gasteiger charge is -2.33. The molecule has 1 aliphatic rings. The highest BCUT2D eigenvalue weighted by Crippen LogP contribution is 2.23. The molecule has 0 saturated carbocycles. The van der Waals surface area contributed by atoms with Crippen molar-refractivity contribution in [3.63, 3.8) is 0 Å². The van der Waals surface area contributed by atoms with Crippen LogP contribution in [-0.4, -0.2) is 43.2 Å². The van der Waals surface area contributed by atoms with Crippen molar-refractivity contribution in [2.75, 3.05) is 19.6 Å². The number of benzene rings is 2. The standard InChI is InChI=1S/C23H27FN2O3S/c1-2-25(18-20-9-6-10-22(24)17-20)23(27)21-11-14-26(15-12-21)30(28,29)16-13-19-7-4-3-5-8-19/h3-10,13,16-17,21H,2,11-12,14-15,18H2,1H3/b16-13+. The van der Waals surface area contributed by atoms with E-state index in [0.717, 1.165) is 11.1 Å². The van der Waals surface area contributed by atoms with E-state index in [2.05, 4.69) is 0 Å². The zero-order valence-corrected chi connectivity index (χ0v) is 17.9. The average Bonchev–Trinajstić information content (AvgIpc) is 2.76. The van der Waals surface area contributed by atoms with Crippen LogP contribution in [0.2, 0.25) is 0 Å². The van der Waals surface area contributed by atoms with Crippen LogP contribution in [0.15, 0.2) is 60.0 Å². The van der Waals surface area contributed by atoms with Gasteiger partial charge in [-0.25, -0.2) is 12.8 Å². The summed E-state index contributed by atoms with van der Waals surface area (Å²) in [7, 11) is -3.52. The van der Waals surface area contributed by atoms with Crippen LogP contribution in [0.4, 0.5) is 4.39 Å². The molecule has 2 aromatic carbocycles. The number of sulfonamides is 1. The number of carbonyl (C=O) groups is 1. The van der Waals surface area contributed by atoms with Crippen molar-refractivity contribution in [2.45, 2.75) is 26.3 Å². The molecule has 2 aromatic rings. The number of nitrogens with zero attached hydrogens (tertiary/aromatic N) is 2. The number of rotatable bonds is 7. The fraction of sp³-hybridized carbons (Fsp3) is 0.348. The van der Waals surface area contributed by atoms with Gasteiger partial charge in [0.25, 0.3) is 0 Å². The van der Waals surface area contributed by atoms with Gasteiger partial charge in [-0.05, 0) is 49.1 Å². The van der Waals surface area contributed by atoms with Gasteiger partial charge in [-0.1, -0.05) is 42.5 Å². The third-order valence-electron chi connectivity index (χ3n) is 5.35. The van der Waals surface area contributed by atoms with Gasteiger partial charge in [-0.3, -0.25) is 4.79 Å². The maximum atomic E-state index is 13.4. The molecule has 5 nitrogen and oxygen atoms in total. The van der Waals surface area contributed by atoms with E-state index in [1.165, 1.54) is 21.8 Å². The van der Waals surface area contributed by atoms with Crippen molar-refractivity contribution in [3.05, 3.63) is 76.9 Å². The lowest BCUT2D eigenvalue weighted by molar-refractivity contribution is -0.137. The molecule has 1 saturated heterocycles. The molecule has 1 heterocycles. The SMILES string of the molecule is CCN(Cc1cccc(F)c1)C(=O)C1CCN(S(=O)(=O)/C=C/c2ccccc2)CC1. The summed E-state index contributed by atoms with van der Waals surface area (Å²) in [6.45, 7) is 3.40.